The lowest BCUT2D eigenvalue weighted by Crippen LogP contribution is -2.42. The van der Waals surface area contributed by atoms with Gasteiger partial charge >= 0.3 is 11.0 Å². The van der Waals surface area contributed by atoms with Crippen molar-refractivity contribution in [2.75, 3.05) is 23.9 Å². The van der Waals surface area contributed by atoms with E-state index in [4.69, 9.17) is 32.7 Å². The molecule has 3 aromatic carbocycles. The molecule has 1 saturated heterocycles. The van der Waals surface area contributed by atoms with Gasteiger partial charge in [-0.2, -0.15) is 13.2 Å². The number of hydrogen-bond donors (Lipinski definition) is 2. The number of nitrogens with zero attached hydrogens (tertiary/aromatic N) is 1. The zero-order valence-corrected chi connectivity index (χ0v) is 29.5. The van der Waals surface area contributed by atoms with E-state index in [9.17, 15) is 32.3 Å². The lowest BCUT2D eigenvalue weighted by Gasteiger charge is -2.43. The van der Waals surface area contributed by atoms with Crippen molar-refractivity contribution in [3.05, 3.63) is 96.4 Å². The maximum absolute atomic E-state index is 14.0. The van der Waals surface area contributed by atoms with Gasteiger partial charge in [0.05, 0.1) is 45.3 Å². The molecule has 3 heterocycles. The summed E-state index contributed by atoms with van der Waals surface area (Å²) in [5.74, 6) is -3.13. The standard InChI is InChI=1S/C35H26Cl2F3N3O6S2/c1-48-23-9-14(5-8-22(23)49-13-24(44)41-16-6-7-20(36)21(37)11-16)25-26-18-12-19(29(26)50-31-30(25)51-34(47)42-31)28-27(18)32(45)43(33(28)46)17-4-2-3-15(10-17)35(38,39)40/h2-11,18-19,25-29H,12-13H2,1H3,(H,41,44)(H,42,47)/t18-,19-,25-,26?,27?,28?,29?/m1/s1. The molecular weight excluding hydrogens is 750 g/mol. The second-order valence-electron chi connectivity index (χ2n) is 12.9. The lowest BCUT2D eigenvalue weighted by molar-refractivity contribution is -0.137. The Kier molecular flexibility index (Phi) is 8.43. The monoisotopic (exact) mass is 775 g/mol. The smallest absolute Gasteiger partial charge is 0.416 e. The van der Waals surface area contributed by atoms with Gasteiger partial charge in [-0.1, -0.05) is 46.7 Å². The highest BCUT2D eigenvalue weighted by atomic mass is 35.5. The maximum atomic E-state index is 14.0. The van der Waals surface area contributed by atoms with Crippen LogP contribution in [0.3, 0.4) is 0 Å². The van der Waals surface area contributed by atoms with Crippen LogP contribution in [0.15, 0.2) is 70.5 Å². The Hall–Kier alpha value is -3.98. The van der Waals surface area contributed by atoms with Crippen LogP contribution in [-0.4, -0.2) is 41.7 Å². The number of thioether (sulfide) groups is 1. The van der Waals surface area contributed by atoms with Gasteiger partial charge in [-0.15, -0.1) is 11.8 Å². The molecule has 0 radical (unpaired) electrons. The fourth-order valence-corrected chi connectivity index (χ4v) is 11.6. The fraction of sp³-hybridized carbons (Fsp3) is 0.314. The summed E-state index contributed by atoms with van der Waals surface area (Å²) in [5, 5.41) is 3.90. The summed E-state index contributed by atoms with van der Waals surface area (Å²) in [6.45, 7) is -0.338. The molecule has 4 aliphatic rings. The molecule has 2 saturated carbocycles. The van der Waals surface area contributed by atoms with Crippen molar-refractivity contribution >= 4 is 75.4 Å². The SMILES string of the molecule is COc1cc([C@H]2c3sc(=O)[nH]c3SC3C2[C@H]2C[C@@H]3C3C(=O)N(c4cccc(C(F)(F)F)c4)C(=O)C32)ccc1OCC(=O)Nc1ccc(Cl)c(Cl)c1. The van der Waals surface area contributed by atoms with Gasteiger partial charge in [0, 0.05) is 21.7 Å². The lowest BCUT2D eigenvalue weighted by atomic mass is 9.68. The number of alkyl halides is 3. The van der Waals surface area contributed by atoms with Crippen LogP contribution < -0.4 is 24.6 Å². The number of amides is 3. The van der Waals surface area contributed by atoms with Crippen molar-refractivity contribution in [2.45, 2.75) is 28.8 Å². The first-order valence-corrected chi connectivity index (χ1v) is 18.3. The van der Waals surface area contributed by atoms with E-state index in [1.54, 1.807) is 24.3 Å². The number of aromatic nitrogens is 1. The number of aromatic amines is 1. The van der Waals surface area contributed by atoms with Gasteiger partial charge in [-0.25, -0.2) is 0 Å². The van der Waals surface area contributed by atoms with Gasteiger partial charge < -0.3 is 19.8 Å². The molecule has 4 aromatic rings. The molecule has 3 amide bonds. The van der Waals surface area contributed by atoms with Crippen molar-refractivity contribution in [3.8, 4) is 11.5 Å². The van der Waals surface area contributed by atoms with Gasteiger partial charge in [-0.3, -0.25) is 24.1 Å². The topological polar surface area (TPSA) is 118 Å². The molecular formula is C35H26Cl2F3N3O6S2. The molecule has 3 fully saturated rings. The predicted octanol–water partition coefficient (Wildman–Crippen LogP) is 7.47. The number of imide groups is 1. The molecule has 2 aliphatic carbocycles. The number of hydrogen-bond acceptors (Lipinski definition) is 8. The molecule has 16 heteroatoms. The van der Waals surface area contributed by atoms with Crippen LogP contribution in [0.2, 0.25) is 10.0 Å². The average molecular weight is 777 g/mol. The molecule has 8 rings (SSSR count). The average Bonchev–Trinajstić information content (AvgIpc) is 3.83. The van der Waals surface area contributed by atoms with Gasteiger partial charge in [0.15, 0.2) is 18.1 Å². The predicted molar refractivity (Wildman–Crippen MR) is 186 cm³/mol. The maximum Gasteiger partial charge on any atom is 0.416 e. The zero-order chi connectivity index (χ0) is 35.9. The van der Waals surface area contributed by atoms with Crippen LogP contribution in [0, 0.1) is 29.6 Å². The first kappa shape index (κ1) is 34.1. The third kappa shape index (κ3) is 5.71. The summed E-state index contributed by atoms with van der Waals surface area (Å²) in [4.78, 5) is 57.7. The molecule has 264 valence electrons. The summed E-state index contributed by atoms with van der Waals surface area (Å²) in [6, 6.07) is 14.3. The quantitative estimate of drug-likeness (QED) is 0.187. The van der Waals surface area contributed by atoms with Crippen molar-refractivity contribution in [2.24, 2.45) is 29.6 Å². The van der Waals surface area contributed by atoms with E-state index in [1.165, 1.54) is 37.1 Å². The van der Waals surface area contributed by atoms with Crippen LogP contribution in [0.1, 0.15) is 28.3 Å². The first-order valence-electron chi connectivity index (χ1n) is 15.8. The third-order valence-electron chi connectivity index (χ3n) is 10.3. The number of ether oxygens (including phenoxy) is 2. The summed E-state index contributed by atoms with van der Waals surface area (Å²) in [5.41, 5.74) is 0.212. The number of anilines is 2. The third-order valence-corrected chi connectivity index (χ3v) is 13.6. The molecule has 2 N–H and O–H groups in total. The Morgan fingerprint density at radius 3 is 2.47 bits per heavy atom. The second kappa shape index (κ2) is 12.6. The van der Waals surface area contributed by atoms with Crippen molar-refractivity contribution < 1.29 is 37.0 Å². The molecule has 9 nitrogen and oxygen atoms in total. The Morgan fingerprint density at radius 2 is 1.75 bits per heavy atom. The van der Waals surface area contributed by atoms with Crippen LogP contribution in [-0.2, 0) is 20.6 Å². The number of fused-ring (bicyclic) bond motifs is 9. The van der Waals surface area contributed by atoms with Gasteiger partial charge in [-0.05, 0) is 78.3 Å². The number of benzene rings is 3. The molecule has 51 heavy (non-hydrogen) atoms. The van der Waals surface area contributed by atoms with E-state index < -0.39 is 41.3 Å². The molecule has 4 unspecified atom stereocenters. The van der Waals surface area contributed by atoms with E-state index >= 15 is 0 Å². The molecule has 2 bridgehead atoms. The minimum atomic E-state index is -4.63. The Labute approximate surface area is 306 Å². The molecule has 1 aromatic heterocycles. The van der Waals surface area contributed by atoms with E-state index in [1.807, 2.05) is 6.07 Å². The van der Waals surface area contributed by atoms with E-state index in [0.717, 1.165) is 38.8 Å². The Balaban J connectivity index is 1.08. The Morgan fingerprint density at radius 1 is 0.980 bits per heavy atom. The first-order chi connectivity index (χ1) is 24.3. The number of halogens is 5. The summed E-state index contributed by atoms with van der Waals surface area (Å²) in [6.07, 6.45) is -4.03. The van der Waals surface area contributed by atoms with Crippen LogP contribution in [0.4, 0.5) is 24.5 Å². The van der Waals surface area contributed by atoms with Crippen LogP contribution >= 0.6 is 46.3 Å². The summed E-state index contributed by atoms with van der Waals surface area (Å²) in [7, 11) is 1.47. The minimum absolute atomic E-state index is 0.0878. The number of rotatable bonds is 7. The van der Waals surface area contributed by atoms with Gasteiger partial charge in [0.25, 0.3) is 5.91 Å². The number of carbonyl (C=O) groups is 3. The van der Waals surface area contributed by atoms with Crippen molar-refractivity contribution in [1.82, 2.24) is 4.98 Å². The number of thiazole rings is 1. The number of methoxy groups -OCH3 is 1. The largest absolute Gasteiger partial charge is 0.493 e. The van der Waals surface area contributed by atoms with Crippen molar-refractivity contribution in [3.63, 3.8) is 0 Å². The Bertz CT molecular complexity index is 2180. The summed E-state index contributed by atoms with van der Waals surface area (Å²) >= 11 is 14.6. The number of nitrogens with one attached hydrogen (secondary N) is 2. The molecule has 7 atom stereocenters. The fourth-order valence-electron chi connectivity index (χ4n) is 8.38. The van der Waals surface area contributed by atoms with E-state index in [0.29, 0.717) is 33.7 Å². The van der Waals surface area contributed by atoms with Crippen LogP contribution in [0.5, 0.6) is 11.5 Å². The van der Waals surface area contributed by atoms with E-state index in [-0.39, 0.29) is 51.1 Å². The highest BCUT2D eigenvalue weighted by Crippen LogP contribution is 2.69. The molecule has 0 spiro atoms. The van der Waals surface area contributed by atoms with E-state index in [2.05, 4.69) is 10.3 Å². The van der Waals surface area contributed by atoms with Gasteiger partial charge in [0.1, 0.15) is 0 Å². The molecule has 2 aliphatic heterocycles. The highest BCUT2D eigenvalue weighted by molar-refractivity contribution is 8.00. The van der Waals surface area contributed by atoms with Crippen LogP contribution in [0.25, 0.3) is 0 Å². The second-order valence-corrected chi connectivity index (χ2v) is 15.9. The van der Waals surface area contributed by atoms with Gasteiger partial charge in [0.2, 0.25) is 11.8 Å². The minimum Gasteiger partial charge on any atom is -0.493 e. The number of carbonyl (C=O) groups excluding carboxylic acids is 3. The number of H-pyrrole nitrogens is 1. The van der Waals surface area contributed by atoms with Crippen molar-refractivity contribution in [1.29, 1.82) is 0 Å². The normalized spacial score (nSPS) is 26.2. The highest BCUT2D eigenvalue weighted by Gasteiger charge is 2.69. The zero-order valence-electron chi connectivity index (χ0n) is 26.3. The summed E-state index contributed by atoms with van der Waals surface area (Å²) < 4.78 is 52.1.